The normalized spacial score (nSPS) is 17.5. The predicted molar refractivity (Wildman–Crippen MR) is 60.8 cm³/mol. The molecule has 5 nitrogen and oxygen atoms in total. The number of nitrogens with zero attached hydrogens (tertiary/aromatic N) is 1. The molecule has 92 valence electrons. The zero-order valence-electron chi connectivity index (χ0n) is 9.55. The minimum atomic E-state index is -0.541. The average molecular weight is 237 g/mol. The highest BCUT2D eigenvalue weighted by molar-refractivity contribution is 5.78. The van der Waals surface area contributed by atoms with E-state index >= 15 is 0 Å². The molecule has 0 saturated carbocycles. The summed E-state index contributed by atoms with van der Waals surface area (Å²) >= 11 is 0. The van der Waals surface area contributed by atoms with Crippen LogP contribution in [0.4, 0.5) is 0 Å². The quantitative estimate of drug-likeness (QED) is 0.681. The topological polar surface area (TPSA) is 81.0 Å². The van der Waals surface area contributed by atoms with Crippen LogP contribution >= 0.6 is 0 Å². The number of phenolic OH excluding ortho intramolecular Hbond substituents is 3. The SMILES string of the molecule is CC(c1ccc(O)c(O)c1O)N1CCCC1=O. The summed E-state index contributed by atoms with van der Waals surface area (Å²) in [5.74, 6) is -1.23. The highest BCUT2D eigenvalue weighted by Gasteiger charge is 2.28. The first-order valence-electron chi connectivity index (χ1n) is 5.55. The van der Waals surface area contributed by atoms with E-state index in [9.17, 15) is 20.1 Å². The van der Waals surface area contributed by atoms with Gasteiger partial charge in [0.05, 0.1) is 6.04 Å². The Bertz CT molecular complexity index is 458. The average Bonchev–Trinajstić information content (AvgIpc) is 2.72. The molecule has 0 bridgehead atoms. The molecular formula is C12H15NO4. The molecule has 1 atom stereocenters. The van der Waals surface area contributed by atoms with Crippen molar-refractivity contribution < 1.29 is 20.1 Å². The molecule has 0 radical (unpaired) electrons. The van der Waals surface area contributed by atoms with Crippen LogP contribution < -0.4 is 0 Å². The number of benzene rings is 1. The lowest BCUT2D eigenvalue weighted by Crippen LogP contribution is -2.27. The first kappa shape index (κ1) is 11.6. The molecule has 5 heteroatoms. The van der Waals surface area contributed by atoms with E-state index in [4.69, 9.17) is 0 Å². The summed E-state index contributed by atoms with van der Waals surface area (Å²) in [6, 6.07) is 2.51. The van der Waals surface area contributed by atoms with Crippen LogP contribution in [0, 0.1) is 0 Å². The second-order valence-electron chi connectivity index (χ2n) is 4.24. The predicted octanol–water partition coefficient (Wildman–Crippen LogP) is 1.49. The van der Waals surface area contributed by atoms with Crippen molar-refractivity contribution in [1.29, 1.82) is 0 Å². The number of hydrogen-bond acceptors (Lipinski definition) is 4. The minimum Gasteiger partial charge on any atom is -0.504 e. The molecule has 1 aromatic carbocycles. The maximum atomic E-state index is 11.6. The van der Waals surface area contributed by atoms with Gasteiger partial charge in [0.15, 0.2) is 11.5 Å². The van der Waals surface area contributed by atoms with Gasteiger partial charge in [-0.2, -0.15) is 0 Å². The number of likely N-dealkylation sites (tertiary alicyclic amines) is 1. The fourth-order valence-corrected chi connectivity index (χ4v) is 2.17. The van der Waals surface area contributed by atoms with E-state index < -0.39 is 5.75 Å². The van der Waals surface area contributed by atoms with Gasteiger partial charge in [-0.25, -0.2) is 0 Å². The standard InChI is InChI=1S/C12H15NO4/c1-7(13-6-2-3-10(13)15)8-4-5-9(14)12(17)11(8)16/h4-5,7,14,16-17H,2-3,6H2,1H3. The largest absolute Gasteiger partial charge is 0.504 e. The summed E-state index contributed by atoms with van der Waals surface area (Å²) in [6.07, 6.45) is 1.34. The van der Waals surface area contributed by atoms with E-state index in [1.54, 1.807) is 11.8 Å². The summed E-state index contributed by atoms with van der Waals surface area (Å²) in [5, 5.41) is 28.4. The molecule has 1 amide bonds. The van der Waals surface area contributed by atoms with Crippen LogP contribution in [0.15, 0.2) is 12.1 Å². The van der Waals surface area contributed by atoms with Gasteiger partial charge in [0.25, 0.3) is 0 Å². The lowest BCUT2D eigenvalue weighted by molar-refractivity contribution is -0.129. The highest BCUT2D eigenvalue weighted by Crippen LogP contribution is 2.41. The van der Waals surface area contributed by atoms with Gasteiger partial charge < -0.3 is 20.2 Å². The maximum Gasteiger partial charge on any atom is 0.223 e. The molecule has 0 spiro atoms. The van der Waals surface area contributed by atoms with Gasteiger partial charge in [0.1, 0.15) is 0 Å². The Morgan fingerprint density at radius 3 is 2.53 bits per heavy atom. The summed E-state index contributed by atoms with van der Waals surface area (Å²) < 4.78 is 0. The zero-order chi connectivity index (χ0) is 12.6. The molecule has 0 aliphatic carbocycles. The van der Waals surface area contributed by atoms with Crippen LogP contribution in [-0.4, -0.2) is 32.7 Å². The van der Waals surface area contributed by atoms with Crippen molar-refractivity contribution in [3.8, 4) is 17.2 Å². The van der Waals surface area contributed by atoms with Crippen LogP contribution in [-0.2, 0) is 4.79 Å². The van der Waals surface area contributed by atoms with Gasteiger partial charge in [-0.05, 0) is 25.5 Å². The van der Waals surface area contributed by atoms with Gasteiger partial charge in [-0.1, -0.05) is 0 Å². The van der Waals surface area contributed by atoms with E-state index in [0.717, 1.165) is 6.42 Å². The summed E-state index contributed by atoms with van der Waals surface area (Å²) in [7, 11) is 0. The van der Waals surface area contributed by atoms with Crippen molar-refractivity contribution in [2.75, 3.05) is 6.54 Å². The van der Waals surface area contributed by atoms with Crippen molar-refractivity contribution in [3.63, 3.8) is 0 Å². The fraction of sp³-hybridized carbons (Fsp3) is 0.417. The van der Waals surface area contributed by atoms with Crippen molar-refractivity contribution in [2.45, 2.75) is 25.8 Å². The molecule has 1 unspecified atom stereocenters. The Morgan fingerprint density at radius 1 is 1.24 bits per heavy atom. The van der Waals surface area contributed by atoms with Gasteiger partial charge in [0.2, 0.25) is 11.7 Å². The van der Waals surface area contributed by atoms with Gasteiger partial charge >= 0.3 is 0 Å². The summed E-state index contributed by atoms with van der Waals surface area (Å²) in [5.41, 5.74) is 0.440. The van der Waals surface area contributed by atoms with Gasteiger partial charge in [-0.15, -0.1) is 0 Å². The molecule has 1 saturated heterocycles. The number of phenols is 3. The van der Waals surface area contributed by atoms with Crippen molar-refractivity contribution in [1.82, 2.24) is 4.90 Å². The van der Waals surface area contributed by atoms with Crippen LogP contribution in [0.1, 0.15) is 31.4 Å². The maximum absolute atomic E-state index is 11.6. The molecule has 1 aromatic rings. The second-order valence-corrected chi connectivity index (χ2v) is 4.24. The third-order valence-corrected chi connectivity index (χ3v) is 3.19. The highest BCUT2D eigenvalue weighted by atomic mass is 16.3. The molecule has 2 rings (SSSR count). The molecule has 17 heavy (non-hydrogen) atoms. The number of amides is 1. The Hall–Kier alpha value is -1.91. The third kappa shape index (κ3) is 1.88. The third-order valence-electron chi connectivity index (χ3n) is 3.19. The smallest absolute Gasteiger partial charge is 0.223 e. The van der Waals surface area contributed by atoms with Crippen molar-refractivity contribution >= 4 is 5.91 Å². The number of aromatic hydroxyl groups is 3. The summed E-state index contributed by atoms with van der Waals surface area (Å²) in [6.45, 7) is 2.44. The molecule has 0 aromatic heterocycles. The van der Waals surface area contributed by atoms with E-state index in [2.05, 4.69) is 0 Å². The fourth-order valence-electron chi connectivity index (χ4n) is 2.17. The molecule has 3 N–H and O–H groups in total. The van der Waals surface area contributed by atoms with Gasteiger partial charge in [0, 0.05) is 18.5 Å². The van der Waals surface area contributed by atoms with E-state index in [-0.39, 0.29) is 23.4 Å². The van der Waals surface area contributed by atoms with Crippen LogP contribution in [0.2, 0.25) is 0 Å². The van der Waals surface area contributed by atoms with Crippen LogP contribution in [0.25, 0.3) is 0 Å². The lowest BCUT2D eigenvalue weighted by atomic mass is 10.0. The number of carbonyl (C=O) groups excluding carboxylic acids is 1. The Morgan fingerprint density at radius 2 is 1.94 bits per heavy atom. The van der Waals surface area contributed by atoms with Crippen molar-refractivity contribution in [3.05, 3.63) is 17.7 Å². The molecule has 1 fully saturated rings. The first-order valence-corrected chi connectivity index (χ1v) is 5.55. The Labute approximate surface area is 98.9 Å². The number of rotatable bonds is 2. The first-order chi connectivity index (χ1) is 8.02. The van der Waals surface area contributed by atoms with Crippen LogP contribution in [0.3, 0.4) is 0 Å². The summed E-state index contributed by atoms with van der Waals surface area (Å²) in [4.78, 5) is 13.2. The zero-order valence-corrected chi connectivity index (χ0v) is 9.55. The van der Waals surface area contributed by atoms with E-state index in [1.165, 1.54) is 12.1 Å². The molecule has 1 aliphatic rings. The van der Waals surface area contributed by atoms with Crippen molar-refractivity contribution in [2.24, 2.45) is 0 Å². The lowest BCUT2D eigenvalue weighted by Gasteiger charge is -2.25. The Balaban J connectivity index is 2.34. The Kier molecular flexibility index (Phi) is 2.83. The number of hydrogen-bond donors (Lipinski definition) is 3. The minimum absolute atomic E-state index is 0.0458. The van der Waals surface area contributed by atoms with E-state index in [1.807, 2.05) is 0 Å². The van der Waals surface area contributed by atoms with E-state index in [0.29, 0.717) is 18.5 Å². The van der Waals surface area contributed by atoms with Gasteiger partial charge in [-0.3, -0.25) is 4.79 Å². The molecule has 1 heterocycles. The number of carbonyl (C=O) groups is 1. The molecular weight excluding hydrogens is 222 g/mol. The molecule has 1 aliphatic heterocycles. The second kappa shape index (κ2) is 4.16. The van der Waals surface area contributed by atoms with Crippen LogP contribution in [0.5, 0.6) is 17.2 Å². The monoisotopic (exact) mass is 237 g/mol.